The molecule has 0 aliphatic carbocycles. The van der Waals surface area contributed by atoms with Gasteiger partial charge in [-0.2, -0.15) is 0 Å². The van der Waals surface area contributed by atoms with E-state index in [4.69, 9.17) is 0 Å². The normalized spacial score (nSPS) is 12.2. The van der Waals surface area contributed by atoms with Crippen LogP contribution in [0.2, 0.25) is 0 Å². The third-order valence-corrected chi connectivity index (χ3v) is 3.60. The summed E-state index contributed by atoms with van der Waals surface area (Å²) in [5, 5.41) is 3.30. The van der Waals surface area contributed by atoms with Gasteiger partial charge in [0.2, 0.25) is 0 Å². The van der Waals surface area contributed by atoms with E-state index in [-0.39, 0.29) is 6.04 Å². The number of unbranched alkanes of at least 4 members (excludes halogenated alkanes) is 1. The van der Waals surface area contributed by atoms with Crippen molar-refractivity contribution in [2.45, 2.75) is 39.2 Å². The fourth-order valence-electron chi connectivity index (χ4n) is 2.26. The van der Waals surface area contributed by atoms with Gasteiger partial charge < -0.3 is 5.32 Å². The van der Waals surface area contributed by atoms with E-state index in [1.54, 1.807) is 6.07 Å². The first-order chi connectivity index (χ1) is 10.1. The van der Waals surface area contributed by atoms with Crippen LogP contribution in [0.1, 0.15) is 43.9 Å². The van der Waals surface area contributed by atoms with Gasteiger partial charge >= 0.3 is 0 Å². The Morgan fingerprint density at radius 1 is 1.00 bits per heavy atom. The Hall–Kier alpha value is -1.90. The van der Waals surface area contributed by atoms with E-state index in [0.717, 1.165) is 23.7 Å². The van der Waals surface area contributed by atoms with Crippen LogP contribution in [0.3, 0.4) is 0 Å². The highest BCUT2D eigenvalue weighted by molar-refractivity contribution is 5.46. The largest absolute Gasteiger partial charge is 0.379 e. The minimum atomic E-state index is -0.814. The van der Waals surface area contributed by atoms with Crippen LogP contribution in [-0.4, -0.2) is 0 Å². The quantitative estimate of drug-likeness (QED) is 0.742. The first-order valence-corrected chi connectivity index (χ1v) is 7.40. The maximum Gasteiger partial charge on any atom is 0.159 e. The van der Waals surface area contributed by atoms with E-state index in [0.29, 0.717) is 0 Å². The van der Waals surface area contributed by atoms with E-state index < -0.39 is 11.6 Å². The minimum absolute atomic E-state index is 0.0819. The lowest BCUT2D eigenvalue weighted by Crippen LogP contribution is -2.07. The van der Waals surface area contributed by atoms with Gasteiger partial charge in [-0.05, 0) is 55.2 Å². The molecular formula is C18H21F2N. The molecule has 0 heterocycles. The molecule has 112 valence electrons. The van der Waals surface area contributed by atoms with Crippen molar-refractivity contribution in [1.82, 2.24) is 0 Å². The third-order valence-electron chi connectivity index (χ3n) is 3.60. The molecule has 1 N–H and O–H groups in total. The summed E-state index contributed by atoms with van der Waals surface area (Å²) in [4.78, 5) is 0. The summed E-state index contributed by atoms with van der Waals surface area (Å²) >= 11 is 0. The molecular weight excluding hydrogens is 268 g/mol. The molecule has 1 nitrogen and oxygen atoms in total. The van der Waals surface area contributed by atoms with Gasteiger partial charge in [0, 0.05) is 11.7 Å². The van der Waals surface area contributed by atoms with Gasteiger partial charge in [-0.1, -0.05) is 31.5 Å². The zero-order chi connectivity index (χ0) is 15.2. The van der Waals surface area contributed by atoms with Crippen LogP contribution in [0.25, 0.3) is 0 Å². The molecule has 2 rings (SSSR count). The number of aryl methyl sites for hydroxylation is 1. The Balaban J connectivity index is 2.01. The van der Waals surface area contributed by atoms with Crippen molar-refractivity contribution in [2.24, 2.45) is 0 Å². The maximum atomic E-state index is 13.2. The van der Waals surface area contributed by atoms with Gasteiger partial charge in [-0.3, -0.25) is 0 Å². The van der Waals surface area contributed by atoms with Crippen molar-refractivity contribution >= 4 is 5.69 Å². The highest BCUT2D eigenvalue weighted by Crippen LogP contribution is 2.21. The van der Waals surface area contributed by atoms with E-state index in [9.17, 15) is 8.78 Å². The van der Waals surface area contributed by atoms with E-state index in [1.807, 2.05) is 19.1 Å². The van der Waals surface area contributed by atoms with Crippen LogP contribution in [0, 0.1) is 11.6 Å². The molecule has 1 unspecified atom stereocenters. The van der Waals surface area contributed by atoms with Gasteiger partial charge in [-0.15, -0.1) is 0 Å². The topological polar surface area (TPSA) is 12.0 Å². The molecule has 21 heavy (non-hydrogen) atoms. The fraction of sp³-hybridized carbons (Fsp3) is 0.333. The molecule has 0 aliphatic heterocycles. The lowest BCUT2D eigenvalue weighted by molar-refractivity contribution is 0.506. The van der Waals surface area contributed by atoms with Crippen LogP contribution in [0.15, 0.2) is 42.5 Å². The van der Waals surface area contributed by atoms with Gasteiger partial charge in [0.15, 0.2) is 11.6 Å². The molecule has 1 atom stereocenters. The van der Waals surface area contributed by atoms with Gasteiger partial charge in [0.1, 0.15) is 0 Å². The number of benzene rings is 2. The van der Waals surface area contributed by atoms with Crippen LogP contribution in [0.4, 0.5) is 14.5 Å². The van der Waals surface area contributed by atoms with Crippen molar-refractivity contribution in [1.29, 1.82) is 0 Å². The van der Waals surface area contributed by atoms with Crippen LogP contribution >= 0.6 is 0 Å². The SMILES string of the molecule is CCCCc1ccc(NC(C)c2ccc(F)c(F)c2)cc1. The molecule has 0 aromatic heterocycles. The van der Waals surface area contributed by atoms with E-state index >= 15 is 0 Å². The second-order valence-corrected chi connectivity index (χ2v) is 5.34. The summed E-state index contributed by atoms with van der Waals surface area (Å²) in [6, 6.07) is 12.2. The summed E-state index contributed by atoms with van der Waals surface area (Å²) in [6.45, 7) is 4.11. The predicted octanol–water partition coefficient (Wildman–Crippen LogP) is 5.48. The van der Waals surface area contributed by atoms with Crippen LogP contribution in [-0.2, 0) is 6.42 Å². The first-order valence-electron chi connectivity index (χ1n) is 7.40. The lowest BCUT2D eigenvalue weighted by atomic mass is 10.1. The Kier molecular flexibility index (Phi) is 5.32. The molecule has 2 aromatic rings. The molecule has 0 aliphatic rings. The Morgan fingerprint density at radius 2 is 1.71 bits per heavy atom. The van der Waals surface area contributed by atoms with Gasteiger partial charge in [0.05, 0.1) is 0 Å². The van der Waals surface area contributed by atoms with E-state index in [2.05, 4.69) is 24.4 Å². The number of hydrogen-bond acceptors (Lipinski definition) is 1. The second-order valence-electron chi connectivity index (χ2n) is 5.34. The third kappa shape index (κ3) is 4.28. The van der Waals surface area contributed by atoms with Crippen molar-refractivity contribution in [3.8, 4) is 0 Å². The summed E-state index contributed by atoms with van der Waals surface area (Å²) < 4.78 is 26.2. The Labute approximate surface area is 125 Å². The summed E-state index contributed by atoms with van der Waals surface area (Å²) in [7, 11) is 0. The van der Waals surface area contributed by atoms with Crippen LogP contribution < -0.4 is 5.32 Å². The number of rotatable bonds is 6. The van der Waals surface area contributed by atoms with E-state index in [1.165, 1.54) is 24.5 Å². The highest BCUT2D eigenvalue weighted by Gasteiger charge is 2.09. The molecule has 3 heteroatoms. The summed E-state index contributed by atoms with van der Waals surface area (Å²) in [6.07, 6.45) is 3.47. The lowest BCUT2D eigenvalue weighted by Gasteiger charge is -2.16. The number of hydrogen-bond donors (Lipinski definition) is 1. The molecule has 0 amide bonds. The second kappa shape index (κ2) is 7.21. The molecule has 0 radical (unpaired) electrons. The molecule has 0 spiro atoms. The first kappa shape index (κ1) is 15.5. The Morgan fingerprint density at radius 3 is 2.33 bits per heavy atom. The molecule has 0 bridgehead atoms. The fourth-order valence-corrected chi connectivity index (χ4v) is 2.26. The highest BCUT2D eigenvalue weighted by atomic mass is 19.2. The molecule has 0 fully saturated rings. The monoisotopic (exact) mass is 289 g/mol. The number of halogens is 2. The molecule has 0 saturated carbocycles. The molecule has 2 aromatic carbocycles. The number of anilines is 1. The zero-order valence-corrected chi connectivity index (χ0v) is 12.5. The summed E-state index contributed by atoms with van der Waals surface area (Å²) in [5.41, 5.74) is 3.03. The van der Waals surface area contributed by atoms with Crippen molar-refractivity contribution in [3.05, 3.63) is 65.2 Å². The average molecular weight is 289 g/mol. The van der Waals surface area contributed by atoms with Crippen molar-refractivity contribution < 1.29 is 8.78 Å². The molecule has 0 saturated heterocycles. The number of nitrogens with one attached hydrogen (secondary N) is 1. The summed E-state index contributed by atoms with van der Waals surface area (Å²) in [5.74, 6) is -1.62. The van der Waals surface area contributed by atoms with Crippen molar-refractivity contribution in [3.63, 3.8) is 0 Å². The standard InChI is InChI=1S/C18H21F2N/c1-3-4-5-14-6-9-16(10-7-14)21-13(2)15-8-11-17(19)18(20)12-15/h6-13,21H,3-5H2,1-2H3. The average Bonchev–Trinajstić information content (AvgIpc) is 2.49. The van der Waals surface area contributed by atoms with Gasteiger partial charge in [-0.25, -0.2) is 8.78 Å². The maximum absolute atomic E-state index is 13.2. The van der Waals surface area contributed by atoms with Gasteiger partial charge in [0.25, 0.3) is 0 Å². The zero-order valence-electron chi connectivity index (χ0n) is 12.5. The Bertz CT molecular complexity index is 578. The smallest absolute Gasteiger partial charge is 0.159 e. The van der Waals surface area contributed by atoms with Crippen molar-refractivity contribution in [2.75, 3.05) is 5.32 Å². The minimum Gasteiger partial charge on any atom is -0.379 e. The predicted molar refractivity (Wildman–Crippen MR) is 83.4 cm³/mol. The van der Waals surface area contributed by atoms with Crippen LogP contribution in [0.5, 0.6) is 0 Å².